The van der Waals surface area contributed by atoms with Crippen molar-refractivity contribution in [2.75, 3.05) is 18.1 Å². The monoisotopic (exact) mass is 378 g/mol. The summed E-state index contributed by atoms with van der Waals surface area (Å²) < 4.78 is 28.5. The largest absolute Gasteiger partial charge is 0.339 e. The molecule has 0 aromatic carbocycles. The molecule has 1 aliphatic heterocycles. The summed E-state index contributed by atoms with van der Waals surface area (Å²) in [6.07, 6.45) is 5.26. The summed E-state index contributed by atoms with van der Waals surface area (Å²) in [5.74, 6) is 1.20. The fourth-order valence-electron chi connectivity index (χ4n) is 3.17. The van der Waals surface area contributed by atoms with E-state index in [9.17, 15) is 13.2 Å². The highest BCUT2D eigenvalue weighted by atomic mass is 32.2. The van der Waals surface area contributed by atoms with Gasteiger partial charge in [0.05, 0.1) is 11.5 Å². The first kappa shape index (κ1) is 18.5. The molecule has 1 fully saturated rings. The molecule has 0 bridgehead atoms. The van der Waals surface area contributed by atoms with E-state index in [1.54, 1.807) is 29.4 Å². The van der Waals surface area contributed by atoms with Crippen LogP contribution in [0.25, 0.3) is 11.4 Å². The van der Waals surface area contributed by atoms with Crippen LogP contribution in [0.3, 0.4) is 0 Å². The Bertz CT molecular complexity index is 851. The zero-order valence-electron chi connectivity index (χ0n) is 14.7. The lowest BCUT2D eigenvalue weighted by atomic mass is 10.1. The van der Waals surface area contributed by atoms with Crippen molar-refractivity contribution < 1.29 is 17.7 Å². The smallest absolute Gasteiger partial charge is 0.226 e. The number of rotatable bonds is 7. The van der Waals surface area contributed by atoms with E-state index in [4.69, 9.17) is 4.52 Å². The summed E-state index contributed by atoms with van der Waals surface area (Å²) in [6, 6.07) is 3.40. The summed E-state index contributed by atoms with van der Waals surface area (Å²) in [4.78, 5) is 22.4. The van der Waals surface area contributed by atoms with Crippen molar-refractivity contribution in [1.82, 2.24) is 20.0 Å². The van der Waals surface area contributed by atoms with E-state index in [2.05, 4.69) is 15.1 Å². The molecule has 9 heteroatoms. The average molecular weight is 378 g/mol. The maximum atomic E-state index is 12.4. The van der Waals surface area contributed by atoms with Crippen LogP contribution in [0.4, 0.5) is 0 Å². The van der Waals surface area contributed by atoms with Gasteiger partial charge < -0.3 is 9.42 Å². The van der Waals surface area contributed by atoms with E-state index in [1.807, 2.05) is 6.92 Å². The predicted octanol–water partition coefficient (Wildman–Crippen LogP) is 1.49. The molecule has 0 saturated carbocycles. The van der Waals surface area contributed by atoms with Gasteiger partial charge in [0.25, 0.3) is 0 Å². The molecule has 2 aromatic rings. The third-order valence-corrected chi connectivity index (χ3v) is 6.25. The zero-order valence-corrected chi connectivity index (χ0v) is 15.5. The van der Waals surface area contributed by atoms with Crippen molar-refractivity contribution in [3.8, 4) is 11.4 Å². The topological polar surface area (TPSA) is 106 Å². The standard InChI is InChI=1S/C17H22N4O4S/c1-2-21(14-8-11-26(23,24)12-14)16(22)5-3-4-15-19-17(20-25-15)13-6-9-18-10-7-13/h6-7,9-10,14H,2-5,8,11-12H2,1H3/t14-/m1/s1. The molecule has 140 valence electrons. The number of aromatic nitrogens is 3. The Morgan fingerprint density at radius 2 is 2.12 bits per heavy atom. The second kappa shape index (κ2) is 7.94. The summed E-state index contributed by atoms with van der Waals surface area (Å²) in [5.41, 5.74) is 0.825. The SMILES string of the molecule is CCN(C(=O)CCCc1nc(-c2ccncc2)no1)[C@@H]1CCS(=O)(=O)C1. The molecule has 8 nitrogen and oxygen atoms in total. The molecule has 26 heavy (non-hydrogen) atoms. The third-order valence-electron chi connectivity index (χ3n) is 4.50. The molecular formula is C17H22N4O4S. The number of carbonyl (C=O) groups excluding carboxylic acids is 1. The number of hydrogen-bond acceptors (Lipinski definition) is 7. The minimum atomic E-state index is -3.00. The maximum absolute atomic E-state index is 12.4. The third kappa shape index (κ3) is 4.46. The first-order valence-electron chi connectivity index (χ1n) is 8.71. The lowest BCUT2D eigenvalue weighted by Crippen LogP contribution is -2.40. The van der Waals surface area contributed by atoms with Crippen molar-refractivity contribution in [3.05, 3.63) is 30.4 Å². The normalized spacial score (nSPS) is 18.7. The van der Waals surface area contributed by atoms with E-state index in [1.165, 1.54) is 0 Å². The van der Waals surface area contributed by atoms with Gasteiger partial charge in [-0.3, -0.25) is 9.78 Å². The van der Waals surface area contributed by atoms with E-state index in [0.29, 0.717) is 43.9 Å². The molecule has 1 saturated heterocycles. The number of amides is 1. The first-order valence-corrected chi connectivity index (χ1v) is 10.5. The lowest BCUT2D eigenvalue weighted by Gasteiger charge is -2.26. The minimum Gasteiger partial charge on any atom is -0.339 e. The lowest BCUT2D eigenvalue weighted by molar-refractivity contribution is -0.132. The Morgan fingerprint density at radius 1 is 1.35 bits per heavy atom. The molecule has 2 aromatic heterocycles. The Kier molecular flexibility index (Phi) is 5.65. The Morgan fingerprint density at radius 3 is 2.77 bits per heavy atom. The molecule has 0 unspecified atom stereocenters. The van der Waals surface area contributed by atoms with Gasteiger partial charge in [0.1, 0.15) is 0 Å². The van der Waals surface area contributed by atoms with Gasteiger partial charge in [-0.2, -0.15) is 4.98 Å². The quantitative estimate of drug-likeness (QED) is 0.718. The Hall–Kier alpha value is -2.29. The molecule has 0 spiro atoms. The number of carbonyl (C=O) groups is 1. The van der Waals surface area contributed by atoms with Crippen LogP contribution in [0.5, 0.6) is 0 Å². The van der Waals surface area contributed by atoms with Crippen LogP contribution >= 0.6 is 0 Å². The van der Waals surface area contributed by atoms with E-state index >= 15 is 0 Å². The van der Waals surface area contributed by atoms with Crippen LogP contribution in [0, 0.1) is 0 Å². The predicted molar refractivity (Wildman–Crippen MR) is 94.9 cm³/mol. The summed E-state index contributed by atoms with van der Waals surface area (Å²) >= 11 is 0. The van der Waals surface area contributed by atoms with Crippen LogP contribution < -0.4 is 0 Å². The number of nitrogens with zero attached hydrogens (tertiary/aromatic N) is 4. The van der Waals surface area contributed by atoms with Gasteiger partial charge in [0, 0.05) is 43.4 Å². The van der Waals surface area contributed by atoms with Crippen molar-refractivity contribution in [3.63, 3.8) is 0 Å². The highest BCUT2D eigenvalue weighted by molar-refractivity contribution is 7.91. The molecule has 3 heterocycles. The van der Waals surface area contributed by atoms with Gasteiger partial charge in [0.15, 0.2) is 9.84 Å². The van der Waals surface area contributed by atoms with Gasteiger partial charge in [-0.1, -0.05) is 5.16 Å². The van der Waals surface area contributed by atoms with Crippen LogP contribution in [0.2, 0.25) is 0 Å². The molecule has 1 atom stereocenters. The second-order valence-corrected chi connectivity index (χ2v) is 8.57. The molecular weight excluding hydrogens is 356 g/mol. The summed E-state index contributed by atoms with van der Waals surface area (Å²) in [6.45, 7) is 2.40. The molecule has 1 aliphatic rings. The van der Waals surface area contributed by atoms with Gasteiger partial charge in [-0.05, 0) is 31.9 Å². The van der Waals surface area contributed by atoms with Gasteiger partial charge in [-0.25, -0.2) is 8.42 Å². The summed E-state index contributed by atoms with van der Waals surface area (Å²) in [7, 11) is -3.00. The second-order valence-electron chi connectivity index (χ2n) is 6.34. The van der Waals surface area contributed by atoms with E-state index in [-0.39, 0.29) is 23.5 Å². The van der Waals surface area contributed by atoms with Gasteiger partial charge in [-0.15, -0.1) is 0 Å². The van der Waals surface area contributed by atoms with Crippen molar-refractivity contribution in [1.29, 1.82) is 0 Å². The van der Waals surface area contributed by atoms with Crippen molar-refractivity contribution in [2.24, 2.45) is 0 Å². The van der Waals surface area contributed by atoms with Crippen LogP contribution in [-0.4, -0.2) is 58.4 Å². The van der Waals surface area contributed by atoms with Crippen LogP contribution in [-0.2, 0) is 21.1 Å². The number of sulfone groups is 1. The number of pyridine rings is 1. The minimum absolute atomic E-state index is 0.0246. The summed E-state index contributed by atoms with van der Waals surface area (Å²) in [5, 5.41) is 3.94. The number of hydrogen-bond donors (Lipinski definition) is 0. The molecule has 3 rings (SSSR count). The average Bonchev–Trinajstić information content (AvgIpc) is 3.23. The molecule has 0 aliphatic carbocycles. The molecule has 0 N–H and O–H groups in total. The highest BCUT2D eigenvalue weighted by Gasteiger charge is 2.33. The highest BCUT2D eigenvalue weighted by Crippen LogP contribution is 2.19. The maximum Gasteiger partial charge on any atom is 0.226 e. The molecule has 1 amide bonds. The van der Waals surface area contributed by atoms with Crippen LogP contribution in [0.1, 0.15) is 32.1 Å². The van der Waals surface area contributed by atoms with Gasteiger partial charge >= 0.3 is 0 Å². The zero-order chi connectivity index (χ0) is 18.6. The fraction of sp³-hybridized carbons (Fsp3) is 0.529. The Labute approximate surface area is 152 Å². The van der Waals surface area contributed by atoms with Crippen molar-refractivity contribution in [2.45, 2.75) is 38.6 Å². The Balaban J connectivity index is 1.51. The molecule has 0 radical (unpaired) electrons. The van der Waals surface area contributed by atoms with Crippen LogP contribution in [0.15, 0.2) is 29.0 Å². The van der Waals surface area contributed by atoms with E-state index in [0.717, 1.165) is 5.56 Å². The number of aryl methyl sites for hydroxylation is 1. The first-order chi connectivity index (χ1) is 12.5. The van der Waals surface area contributed by atoms with Crippen molar-refractivity contribution >= 4 is 15.7 Å². The van der Waals surface area contributed by atoms with Gasteiger partial charge in [0.2, 0.25) is 17.6 Å². The van der Waals surface area contributed by atoms with E-state index < -0.39 is 9.84 Å². The fourth-order valence-corrected chi connectivity index (χ4v) is 4.90.